The second-order valence-electron chi connectivity index (χ2n) is 4.68. The number of thiophene rings is 1. The Balaban J connectivity index is 2.85. The third kappa shape index (κ3) is 2.83. The van der Waals surface area contributed by atoms with Crippen LogP contribution in [0.5, 0.6) is 0 Å². The number of hydrogen-bond acceptors (Lipinski definition) is 3. The van der Waals surface area contributed by atoms with E-state index in [-0.39, 0.29) is 5.91 Å². The monoisotopic (exact) mass is 241 g/mol. The summed E-state index contributed by atoms with van der Waals surface area (Å²) < 4.78 is 0. The molecule has 0 aliphatic carbocycles. The van der Waals surface area contributed by atoms with Crippen molar-refractivity contribution in [3.63, 3.8) is 0 Å². The van der Waals surface area contributed by atoms with Crippen LogP contribution in [0.25, 0.3) is 0 Å². The zero-order valence-corrected chi connectivity index (χ0v) is 11.2. The van der Waals surface area contributed by atoms with Crippen LogP contribution in [0.2, 0.25) is 0 Å². The van der Waals surface area contributed by atoms with Crippen molar-refractivity contribution in [3.05, 3.63) is 21.4 Å². The minimum absolute atomic E-state index is 0.118. The first-order valence-electron chi connectivity index (χ1n) is 5.31. The summed E-state index contributed by atoms with van der Waals surface area (Å²) in [6.45, 7) is 9.20. The Labute approximate surface area is 100 Å². The maximum atomic E-state index is 12.0. The lowest BCUT2D eigenvalue weighted by Gasteiger charge is -2.29. The minimum Gasteiger partial charge on any atom is -0.391 e. The molecule has 1 aromatic heterocycles. The van der Waals surface area contributed by atoms with Crippen LogP contribution in [0, 0.1) is 13.8 Å². The molecule has 1 aromatic rings. The van der Waals surface area contributed by atoms with Gasteiger partial charge in [-0.15, -0.1) is 11.3 Å². The largest absolute Gasteiger partial charge is 0.391 e. The SMILES string of the molecule is Cc1cc(C(=O)NC(C)(C)C(C)O)c(C)s1. The van der Waals surface area contributed by atoms with E-state index in [0.717, 1.165) is 9.75 Å². The van der Waals surface area contributed by atoms with Crippen molar-refractivity contribution >= 4 is 17.2 Å². The lowest BCUT2D eigenvalue weighted by molar-refractivity contribution is 0.0709. The second kappa shape index (κ2) is 4.55. The number of hydrogen-bond donors (Lipinski definition) is 2. The maximum absolute atomic E-state index is 12.0. The lowest BCUT2D eigenvalue weighted by Crippen LogP contribution is -2.51. The van der Waals surface area contributed by atoms with Gasteiger partial charge in [0.1, 0.15) is 0 Å². The summed E-state index contributed by atoms with van der Waals surface area (Å²) in [6, 6.07) is 1.88. The van der Waals surface area contributed by atoms with E-state index in [1.807, 2.05) is 33.8 Å². The molecule has 0 aromatic carbocycles. The minimum atomic E-state index is -0.612. The van der Waals surface area contributed by atoms with Gasteiger partial charge in [-0.2, -0.15) is 0 Å². The molecular formula is C12H19NO2S. The molecule has 0 aliphatic rings. The summed E-state index contributed by atoms with van der Waals surface area (Å²) in [5.41, 5.74) is 0.0931. The van der Waals surface area contributed by atoms with Crippen LogP contribution in [-0.4, -0.2) is 22.7 Å². The Morgan fingerprint density at radius 2 is 2.06 bits per heavy atom. The number of aryl methyl sites for hydroxylation is 2. The van der Waals surface area contributed by atoms with E-state index in [0.29, 0.717) is 5.56 Å². The predicted octanol–water partition coefficient (Wildman–Crippen LogP) is 2.25. The number of carbonyl (C=O) groups is 1. The molecule has 1 rings (SSSR count). The van der Waals surface area contributed by atoms with E-state index in [9.17, 15) is 9.90 Å². The van der Waals surface area contributed by atoms with Crippen LogP contribution in [-0.2, 0) is 0 Å². The topological polar surface area (TPSA) is 49.3 Å². The van der Waals surface area contributed by atoms with E-state index < -0.39 is 11.6 Å². The molecule has 0 radical (unpaired) electrons. The van der Waals surface area contributed by atoms with E-state index in [1.54, 1.807) is 18.3 Å². The first kappa shape index (κ1) is 13.2. The third-order valence-electron chi connectivity index (χ3n) is 2.77. The number of aliphatic hydroxyl groups excluding tert-OH is 1. The molecule has 1 atom stereocenters. The highest BCUT2D eigenvalue weighted by Crippen LogP contribution is 2.21. The Kier molecular flexibility index (Phi) is 3.76. The third-order valence-corrected chi connectivity index (χ3v) is 3.73. The summed E-state index contributed by atoms with van der Waals surface area (Å²) in [5, 5.41) is 12.4. The molecule has 0 spiro atoms. The van der Waals surface area contributed by atoms with Crippen LogP contribution < -0.4 is 5.32 Å². The van der Waals surface area contributed by atoms with Crippen molar-refractivity contribution in [2.75, 3.05) is 0 Å². The van der Waals surface area contributed by atoms with Gasteiger partial charge in [0.25, 0.3) is 5.91 Å². The van der Waals surface area contributed by atoms with Gasteiger partial charge in [-0.3, -0.25) is 4.79 Å². The number of aliphatic hydroxyl groups is 1. The van der Waals surface area contributed by atoms with Gasteiger partial charge < -0.3 is 10.4 Å². The van der Waals surface area contributed by atoms with Crippen LogP contribution in [0.4, 0.5) is 0 Å². The zero-order valence-electron chi connectivity index (χ0n) is 10.4. The smallest absolute Gasteiger partial charge is 0.252 e. The van der Waals surface area contributed by atoms with Crippen LogP contribution in [0.15, 0.2) is 6.07 Å². The molecule has 16 heavy (non-hydrogen) atoms. The average molecular weight is 241 g/mol. The fourth-order valence-corrected chi connectivity index (χ4v) is 2.24. The van der Waals surface area contributed by atoms with Crippen molar-refractivity contribution < 1.29 is 9.90 Å². The van der Waals surface area contributed by atoms with E-state index in [2.05, 4.69) is 5.32 Å². The molecule has 0 saturated heterocycles. The molecule has 2 N–H and O–H groups in total. The van der Waals surface area contributed by atoms with Crippen molar-refractivity contribution in [3.8, 4) is 0 Å². The van der Waals surface area contributed by atoms with Gasteiger partial charge in [0.2, 0.25) is 0 Å². The molecular weight excluding hydrogens is 222 g/mol. The summed E-state index contributed by atoms with van der Waals surface area (Å²) in [6.07, 6.45) is -0.587. The normalized spacial score (nSPS) is 13.6. The van der Waals surface area contributed by atoms with Gasteiger partial charge in [-0.05, 0) is 40.7 Å². The van der Waals surface area contributed by atoms with Crippen molar-refractivity contribution in [1.29, 1.82) is 0 Å². The molecule has 4 heteroatoms. The molecule has 0 aliphatic heterocycles. The zero-order chi connectivity index (χ0) is 12.5. The van der Waals surface area contributed by atoms with Gasteiger partial charge >= 0.3 is 0 Å². The highest BCUT2D eigenvalue weighted by Gasteiger charge is 2.27. The van der Waals surface area contributed by atoms with Gasteiger partial charge in [-0.25, -0.2) is 0 Å². The number of nitrogens with one attached hydrogen (secondary N) is 1. The van der Waals surface area contributed by atoms with E-state index in [1.165, 1.54) is 0 Å². The van der Waals surface area contributed by atoms with E-state index in [4.69, 9.17) is 0 Å². The molecule has 1 unspecified atom stereocenters. The van der Waals surface area contributed by atoms with Gasteiger partial charge in [0.05, 0.1) is 17.2 Å². The Morgan fingerprint density at radius 1 is 1.50 bits per heavy atom. The molecule has 1 heterocycles. The number of rotatable bonds is 3. The maximum Gasteiger partial charge on any atom is 0.252 e. The van der Waals surface area contributed by atoms with Gasteiger partial charge in [-0.1, -0.05) is 0 Å². The highest BCUT2D eigenvalue weighted by atomic mass is 32.1. The fraction of sp³-hybridized carbons (Fsp3) is 0.583. The summed E-state index contributed by atoms with van der Waals surface area (Å²) in [5.74, 6) is -0.118. The summed E-state index contributed by atoms with van der Waals surface area (Å²) in [4.78, 5) is 14.1. The Bertz CT molecular complexity index is 394. The second-order valence-corrected chi connectivity index (χ2v) is 6.14. The molecule has 0 bridgehead atoms. The Hall–Kier alpha value is -0.870. The van der Waals surface area contributed by atoms with Crippen molar-refractivity contribution in [1.82, 2.24) is 5.32 Å². The molecule has 3 nitrogen and oxygen atoms in total. The van der Waals surface area contributed by atoms with Gasteiger partial charge in [0, 0.05) is 9.75 Å². The van der Waals surface area contributed by atoms with E-state index >= 15 is 0 Å². The first-order valence-corrected chi connectivity index (χ1v) is 6.13. The van der Waals surface area contributed by atoms with Crippen LogP contribution in [0.3, 0.4) is 0 Å². The number of carbonyl (C=O) groups excluding carboxylic acids is 1. The standard InChI is InChI=1S/C12H19NO2S/c1-7-6-10(8(2)16-7)11(15)13-12(4,5)9(3)14/h6,9,14H,1-5H3,(H,13,15). The fourth-order valence-electron chi connectivity index (χ4n) is 1.32. The molecule has 0 saturated carbocycles. The highest BCUT2D eigenvalue weighted by molar-refractivity contribution is 7.12. The molecule has 1 amide bonds. The van der Waals surface area contributed by atoms with Gasteiger partial charge in [0.15, 0.2) is 0 Å². The first-order chi connectivity index (χ1) is 7.24. The predicted molar refractivity (Wildman–Crippen MR) is 67.0 cm³/mol. The quantitative estimate of drug-likeness (QED) is 0.852. The molecule has 0 fully saturated rings. The van der Waals surface area contributed by atoms with Crippen LogP contribution >= 0.6 is 11.3 Å². The summed E-state index contributed by atoms with van der Waals surface area (Å²) in [7, 11) is 0. The number of amides is 1. The average Bonchev–Trinajstić information content (AvgIpc) is 2.44. The van der Waals surface area contributed by atoms with Crippen molar-refractivity contribution in [2.45, 2.75) is 46.3 Å². The summed E-state index contributed by atoms with van der Waals surface area (Å²) >= 11 is 1.61. The Morgan fingerprint density at radius 3 is 2.44 bits per heavy atom. The lowest BCUT2D eigenvalue weighted by atomic mass is 9.98. The van der Waals surface area contributed by atoms with Crippen molar-refractivity contribution in [2.24, 2.45) is 0 Å². The van der Waals surface area contributed by atoms with Crippen LogP contribution in [0.1, 0.15) is 40.9 Å². The molecule has 90 valence electrons.